The number of rotatable bonds is 5. The van der Waals surface area contributed by atoms with Gasteiger partial charge in [-0.15, -0.1) is 0 Å². The lowest BCUT2D eigenvalue weighted by Crippen LogP contribution is -2.03. The minimum absolute atomic E-state index is 0.0819. The molecule has 29 heavy (non-hydrogen) atoms. The number of hydrogen-bond donors (Lipinski definition) is 0. The summed E-state index contributed by atoms with van der Waals surface area (Å²) in [4.78, 5) is 23.1. The van der Waals surface area contributed by atoms with Crippen molar-refractivity contribution in [3.8, 4) is 11.8 Å². The maximum atomic E-state index is 12.7. The van der Waals surface area contributed by atoms with Gasteiger partial charge in [0.05, 0.1) is 4.92 Å². The number of nitrogens with zero attached hydrogens (tertiary/aromatic N) is 3. The van der Waals surface area contributed by atoms with Crippen LogP contribution in [0, 0.1) is 35.3 Å². The van der Waals surface area contributed by atoms with E-state index in [0.717, 1.165) is 27.1 Å². The van der Waals surface area contributed by atoms with Gasteiger partial charge in [-0.3, -0.25) is 14.9 Å². The van der Waals surface area contributed by atoms with Gasteiger partial charge < -0.3 is 4.57 Å². The van der Waals surface area contributed by atoms with Crippen LogP contribution in [0.2, 0.25) is 0 Å². The van der Waals surface area contributed by atoms with Crippen molar-refractivity contribution < 1.29 is 9.72 Å². The van der Waals surface area contributed by atoms with Crippen molar-refractivity contribution in [1.82, 2.24) is 4.57 Å². The molecule has 3 aromatic rings. The minimum Gasteiger partial charge on any atom is -0.318 e. The fourth-order valence-corrected chi connectivity index (χ4v) is 3.41. The zero-order valence-electron chi connectivity index (χ0n) is 15.7. The van der Waals surface area contributed by atoms with Gasteiger partial charge in [-0.25, -0.2) is 0 Å². The summed E-state index contributed by atoms with van der Waals surface area (Å²) in [6, 6.07) is 17.0. The van der Waals surface area contributed by atoms with E-state index in [1.807, 2.05) is 54.8 Å². The highest BCUT2D eigenvalue weighted by molar-refractivity contribution is 9.10. The monoisotopic (exact) mass is 449 g/mol. The Balaban J connectivity index is 2.02. The molecule has 0 aliphatic rings. The third kappa shape index (κ3) is 4.18. The van der Waals surface area contributed by atoms with Gasteiger partial charge in [-0.2, -0.15) is 5.26 Å². The lowest BCUT2D eigenvalue weighted by Gasteiger charge is -2.09. The van der Waals surface area contributed by atoms with Crippen molar-refractivity contribution >= 4 is 33.5 Å². The van der Waals surface area contributed by atoms with E-state index in [1.165, 1.54) is 30.3 Å². The highest BCUT2D eigenvalue weighted by Crippen LogP contribution is 2.25. The maximum Gasteiger partial charge on any atom is 0.270 e. The number of aromatic nitrogens is 1. The third-order valence-corrected chi connectivity index (χ3v) is 5.07. The van der Waals surface area contributed by atoms with Crippen LogP contribution in [-0.2, 0) is 0 Å². The number of hydrogen-bond acceptors (Lipinski definition) is 4. The topological polar surface area (TPSA) is 88.9 Å². The van der Waals surface area contributed by atoms with Crippen LogP contribution in [-0.4, -0.2) is 15.3 Å². The van der Waals surface area contributed by atoms with Crippen LogP contribution in [0.5, 0.6) is 0 Å². The molecule has 0 saturated heterocycles. The first-order valence-corrected chi connectivity index (χ1v) is 9.47. The van der Waals surface area contributed by atoms with E-state index >= 15 is 0 Å². The van der Waals surface area contributed by atoms with Crippen molar-refractivity contribution in [3.63, 3.8) is 0 Å². The first-order valence-electron chi connectivity index (χ1n) is 8.67. The largest absolute Gasteiger partial charge is 0.318 e. The summed E-state index contributed by atoms with van der Waals surface area (Å²) in [7, 11) is 0. The van der Waals surface area contributed by atoms with Crippen molar-refractivity contribution in [2.45, 2.75) is 13.8 Å². The average Bonchev–Trinajstić information content (AvgIpc) is 2.99. The highest BCUT2D eigenvalue weighted by atomic mass is 79.9. The molecular weight excluding hydrogens is 434 g/mol. The lowest BCUT2D eigenvalue weighted by molar-refractivity contribution is -0.384. The van der Waals surface area contributed by atoms with Crippen LogP contribution in [0.3, 0.4) is 0 Å². The molecule has 2 aromatic carbocycles. The predicted octanol–water partition coefficient (Wildman–Crippen LogP) is 5.55. The van der Waals surface area contributed by atoms with Crippen LogP contribution < -0.4 is 0 Å². The van der Waals surface area contributed by atoms with Crippen LogP contribution in [0.25, 0.3) is 11.8 Å². The molecule has 0 unspecified atom stereocenters. The van der Waals surface area contributed by atoms with Gasteiger partial charge >= 0.3 is 0 Å². The molecule has 0 aliphatic carbocycles. The van der Waals surface area contributed by atoms with Gasteiger partial charge in [-0.1, -0.05) is 28.1 Å². The van der Waals surface area contributed by atoms with Crippen molar-refractivity contribution in [2.24, 2.45) is 0 Å². The van der Waals surface area contributed by atoms with E-state index in [2.05, 4.69) is 15.9 Å². The van der Waals surface area contributed by atoms with Gasteiger partial charge in [-0.05, 0) is 55.8 Å². The Morgan fingerprint density at radius 2 is 1.86 bits per heavy atom. The van der Waals surface area contributed by atoms with Crippen molar-refractivity contribution in [3.05, 3.63) is 97.3 Å². The molecule has 144 valence electrons. The Bertz CT molecular complexity index is 1190. The number of aryl methyl sites for hydroxylation is 1. The van der Waals surface area contributed by atoms with E-state index < -0.39 is 10.7 Å². The molecule has 0 N–H and O–H groups in total. The molecule has 0 aliphatic heterocycles. The number of Topliss-reactive ketones (excluding diaryl/α,β-unsaturated/α-hetero) is 1. The van der Waals surface area contributed by atoms with Gasteiger partial charge in [0.2, 0.25) is 5.78 Å². The molecule has 7 heteroatoms. The van der Waals surface area contributed by atoms with E-state index in [1.54, 1.807) is 0 Å². The number of nitro groups is 1. The molecule has 0 fully saturated rings. The maximum absolute atomic E-state index is 12.7. The number of non-ortho nitro benzene ring substituents is 1. The summed E-state index contributed by atoms with van der Waals surface area (Å²) in [5, 5.41) is 20.5. The molecule has 3 rings (SSSR count). The molecule has 0 saturated carbocycles. The van der Waals surface area contributed by atoms with Gasteiger partial charge in [0.25, 0.3) is 5.69 Å². The van der Waals surface area contributed by atoms with E-state index in [9.17, 15) is 20.2 Å². The summed E-state index contributed by atoms with van der Waals surface area (Å²) < 4.78 is 3.00. The smallest absolute Gasteiger partial charge is 0.270 e. The predicted molar refractivity (Wildman–Crippen MR) is 114 cm³/mol. The number of benzene rings is 2. The minimum atomic E-state index is -0.571. The normalized spacial score (nSPS) is 11.2. The lowest BCUT2D eigenvalue weighted by atomic mass is 10.0. The average molecular weight is 450 g/mol. The summed E-state index contributed by atoms with van der Waals surface area (Å²) >= 11 is 3.42. The van der Waals surface area contributed by atoms with Crippen LogP contribution >= 0.6 is 15.9 Å². The molecule has 0 atom stereocenters. The second-order valence-corrected chi connectivity index (χ2v) is 7.36. The van der Waals surface area contributed by atoms with Crippen LogP contribution in [0.1, 0.15) is 27.3 Å². The fraction of sp³-hybridized carbons (Fsp3) is 0.0909. The number of allylic oxidation sites excluding steroid dienone is 1. The molecule has 0 bridgehead atoms. The first kappa shape index (κ1) is 20.2. The summed E-state index contributed by atoms with van der Waals surface area (Å²) in [6.07, 6.45) is 1.53. The standard InChI is InChI=1S/C22H16BrN3O3/c1-14-10-17(15(2)25(14)20-8-6-19(23)7-9-20)11-18(13-24)22(27)16-4-3-5-21(12-16)26(28)29/h3-12H,1-2H3/b18-11+. The number of carbonyl (C=O) groups excluding carboxylic acids is 1. The number of nitro benzene ring substituents is 1. The molecule has 1 aromatic heterocycles. The Labute approximate surface area is 176 Å². The van der Waals surface area contributed by atoms with Gasteiger partial charge in [0, 0.05) is 39.2 Å². The molecule has 1 heterocycles. The second kappa shape index (κ2) is 8.25. The number of carbonyl (C=O) groups is 1. The van der Waals surface area contributed by atoms with E-state index in [4.69, 9.17) is 0 Å². The summed E-state index contributed by atoms with van der Waals surface area (Å²) in [5.74, 6) is -0.551. The molecule has 0 spiro atoms. The zero-order valence-corrected chi connectivity index (χ0v) is 17.3. The molecule has 0 amide bonds. The Kier molecular flexibility index (Phi) is 5.76. The third-order valence-electron chi connectivity index (χ3n) is 4.54. The number of halogens is 1. The second-order valence-electron chi connectivity index (χ2n) is 6.44. The van der Waals surface area contributed by atoms with Crippen molar-refractivity contribution in [1.29, 1.82) is 5.26 Å². The first-order chi connectivity index (χ1) is 13.8. The number of ketones is 1. The fourth-order valence-electron chi connectivity index (χ4n) is 3.14. The summed E-state index contributed by atoms with van der Waals surface area (Å²) in [5.41, 5.74) is 3.37. The van der Waals surface area contributed by atoms with Crippen LogP contribution in [0.15, 0.2) is 64.6 Å². The quantitative estimate of drug-likeness (QED) is 0.168. The van der Waals surface area contributed by atoms with Gasteiger partial charge in [0.15, 0.2) is 0 Å². The van der Waals surface area contributed by atoms with Crippen molar-refractivity contribution in [2.75, 3.05) is 0 Å². The van der Waals surface area contributed by atoms with Crippen LogP contribution in [0.4, 0.5) is 5.69 Å². The van der Waals surface area contributed by atoms with E-state index in [-0.39, 0.29) is 16.8 Å². The SMILES string of the molecule is Cc1cc(/C=C(\C#N)C(=O)c2cccc([N+](=O)[O-])c2)c(C)n1-c1ccc(Br)cc1. The van der Waals surface area contributed by atoms with Gasteiger partial charge in [0.1, 0.15) is 11.6 Å². The Hall–Kier alpha value is -3.50. The molecular formula is C22H16BrN3O3. The molecule has 0 radical (unpaired) electrons. The Morgan fingerprint density at radius 3 is 2.48 bits per heavy atom. The Morgan fingerprint density at radius 1 is 1.17 bits per heavy atom. The zero-order chi connectivity index (χ0) is 21.1. The van der Waals surface area contributed by atoms with E-state index in [0.29, 0.717) is 0 Å². The number of nitriles is 1. The highest BCUT2D eigenvalue weighted by Gasteiger charge is 2.17. The summed E-state index contributed by atoms with van der Waals surface area (Å²) in [6.45, 7) is 3.86. The molecule has 6 nitrogen and oxygen atoms in total.